The number of carbonyl (C=O) groups is 1. The average Bonchev–Trinajstić information content (AvgIpc) is 3.04. The molecule has 0 aliphatic heterocycles. The summed E-state index contributed by atoms with van der Waals surface area (Å²) < 4.78 is 12.2. The van der Waals surface area contributed by atoms with Crippen molar-refractivity contribution < 1.29 is 14.3 Å². The van der Waals surface area contributed by atoms with Crippen LogP contribution >= 0.6 is 0 Å². The minimum atomic E-state index is -0.236. The molecular formula is C18H18N4O3. The van der Waals surface area contributed by atoms with Gasteiger partial charge in [-0.15, -0.1) is 0 Å². The molecule has 1 heterocycles. The van der Waals surface area contributed by atoms with Crippen LogP contribution in [0.25, 0.3) is 11.0 Å². The van der Waals surface area contributed by atoms with E-state index in [0.29, 0.717) is 11.5 Å². The van der Waals surface area contributed by atoms with E-state index in [1.807, 2.05) is 30.3 Å². The second-order valence-corrected chi connectivity index (χ2v) is 5.27. The van der Waals surface area contributed by atoms with Crippen LogP contribution in [0.1, 0.15) is 5.56 Å². The molecule has 0 fully saturated rings. The first-order chi connectivity index (χ1) is 12.2. The Morgan fingerprint density at radius 2 is 2.00 bits per heavy atom. The Morgan fingerprint density at radius 3 is 2.80 bits per heavy atom. The van der Waals surface area contributed by atoms with Crippen molar-refractivity contribution in [2.24, 2.45) is 5.10 Å². The molecule has 1 N–H and O–H groups in total. The second kappa shape index (κ2) is 7.48. The Bertz CT molecular complexity index is 918. The maximum Gasteiger partial charge on any atom is 0.260 e. The lowest BCUT2D eigenvalue weighted by Gasteiger charge is -2.07. The molecule has 2 aromatic carbocycles. The van der Waals surface area contributed by atoms with Gasteiger partial charge in [-0.05, 0) is 35.9 Å². The molecule has 3 aromatic rings. The van der Waals surface area contributed by atoms with Gasteiger partial charge in [-0.2, -0.15) is 5.10 Å². The highest BCUT2D eigenvalue weighted by Crippen LogP contribution is 2.26. The van der Waals surface area contributed by atoms with Crippen molar-refractivity contribution in [3.8, 4) is 11.5 Å². The molecule has 128 valence electrons. The number of carbonyl (C=O) groups excluding carboxylic acids is 1. The fourth-order valence-corrected chi connectivity index (χ4v) is 2.44. The number of rotatable bonds is 6. The summed E-state index contributed by atoms with van der Waals surface area (Å²) in [4.78, 5) is 16.3. The molecule has 0 saturated heterocycles. The standard InChI is InChI=1S/C18H18N4O3/c1-24-16-8-7-13(9-17(16)25-2)10-20-21-18(23)11-22-12-19-14-5-3-4-6-15(14)22/h3-10,12H,11H2,1-2H3,(H,21,23). The largest absolute Gasteiger partial charge is 0.493 e. The van der Waals surface area contributed by atoms with E-state index in [9.17, 15) is 4.79 Å². The zero-order valence-electron chi connectivity index (χ0n) is 14.0. The van der Waals surface area contributed by atoms with E-state index in [2.05, 4.69) is 15.5 Å². The molecule has 7 heteroatoms. The Balaban J connectivity index is 1.63. The molecule has 0 atom stereocenters. The third-order valence-electron chi connectivity index (χ3n) is 3.65. The number of hydrogen-bond acceptors (Lipinski definition) is 5. The molecule has 0 spiro atoms. The Labute approximate surface area is 144 Å². The maximum atomic E-state index is 12.0. The molecule has 0 aliphatic rings. The number of fused-ring (bicyclic) bond motifs is 1. The van der Waals surface area contributed by atoms with E-state index in [1.54, 1.807) is 43.5 Å². The van der Waals surface area contributed by atoms with E-state index < -0.39 is 0 Å². The van der Waals surface area contributed by atoms with Gasteiger partial charge in [0.2, 0.25) is 0 Å². The van der Waals surface area contributed by atoms with Crippen LogP contribution in [0.5, 0.6) is 11.5 Å². The van der Waals surface area contributed by atoms with Gasteiger partial charge in [-0.1, -0.05) is 12.1 Å². The summed E-state index contributed by atoms with van der Waals surface area (Å²) in [6.07, 6.45) is 3.19. The number of nitrogens with one attached hydrogen (secondary N) is 1. The van der Waals surface area contributed by atoms with Crippen molar-refractivity contribution >= 4 is 23.2 Å². The first-order valence-electron chi connectivity index (χ1n) is 7.65. The van der Waals surface area contributed by atoms with Gasteiger partial charge in [-0.25, -0.2) is 10.4 Å². The number of imidazole rings is 1. The normalized spacial score (nSPS) is 11.0. The number of methoxy groups -OCH3 is 2. The molecule has 0 aliphatic carbocycles. The molecule has 1 aromatic heterocycles. The van der Waals surface area contributed by atoms with Crippen molar-refractivity contribution in [3.05, 3.63) is 54.4 Å². The van der Waals surface area contributed by atoms with Crippen LogP contribution in [0.15, 0.2) is 53.9 Å². The zero-order chi connectivity index (χ0) is 17.6. The minimum absolute atomic E-state index is 0.143. The Kier molecular flexibility index (Phi) is 4.94. The van der Waals surface area contributed by atoms with Crippen LogP contribution in [0.4, 0.5) is 0 Å². The van der Waals surface area contributed by atoms with Crippen LogP contribution in [-0.4, -0.2) is 35.9 Å². The molecule has 0 saturated carbocycles. The van der Waals surface area contributed by atoms with Crippen LogP contribution in [0.2, 0.25) is 0 Å². The predicted octanol–water partition coefficient (Wildman–Crippen LogP) is 2.20. The maximum absolute atomic E-state index is 12.0. The van der Waals surface area contributed by atoms with Crippen molar-refractivity contribution in [2.75, 3.05) is 14.2 Å². The SMILES string of the molecule is COc1ccc(C=NNC(=O)Cn2cnc3ccccc32)cc1OC. The summed E-state index contributed by atoms with van der Waals surface area (Å²) in [5.41, 5.74) is 5.05. The lowest BCUT2D eigenvalue weighted by Crippen LogP contribution is -2.22. The lowest BCUT2D eigenvalue weighted by atomic mass is 10.2. The van der Waals surface area contributed by atoms with Gasteiger partial charge in [-0.3, -0.25) is 4.79 Å². The van der Waals surface area contributed by atoms with Gasteiger partial charge < -0.3 is 14.0 Å². The molecule has 7 nitrogen and oxygen atoms in total. The number of nitrogens with zero attached hydrogens (tertiary/aromatic N) is 3. The summed E-state index contributed by atoms with van der Waals surface area (Å²) in [5, 5.41) is 3.98. The van der Waals surface area contributed by atoms with E-state index in [4.69, 9.17) is 9.47 Å². The molecule has 0 unspecified atom stereocenters. The van der Waals surface area contributed by atoms with Crippen LogP contribution in [0.3, 0.4) is 0 Å². The van der Waals surface area contributed by atoms with Crippen LogP contribution in [-0.2, 0) is 11.3 Å². The lowest BCUT2D eigenvalue weighted by molar-refractivity contribution is -0.121. The second-order valence-electron chi connectivity index (χ2n) is 5.27. The Hall–Kier alpha value is -3.35. The van der Waals surface area contributed by atoms with E-state index in [1.165, 1.54) is 0 Å². The molecule has 3 rings (SSSR count). The van der Waals surface area contributed by atoms with Crippen molar-refractivity contribution in [2.45, 2.75) is 6.54 Å². The van der Waals surface area contributed by atoms with Gasteiger partial charge in [0.15, 0.2) is 11.5 Å². The smallest absolute Gasteiger partial charge is 0.260 e. The first kappa shape index (κ1) is 16.5. The number of benzene rings is 2. The fourth-order valence-electron chi connectivity index (χ4n) is 2.44. The quantitative estimate of drug-likeness (QED) is 0.552. The zero-order valence-corrected chi connectivity index (χ0v) is 14.0. The molecule has 0 radical (unpaired) electrons. The minimum Gasteiger partial charge on any atom is -0.493 e. The topological polar surface area (TPSA) is 77.7 Å². The van der Waals surface area contributed by atoms with Crippen LogP contribution < -0.4 is 14.9 Å². The van der Waals surface area contributed by atoms with Crippen LogP contribution in [0, 0.1) is 0 Å². The molecule has 1 amide bonds. The van der Waals surface area contributed by atoms with Gasteiger partial charge in [0.25, 0.3) is 5.91 Å². The van der Waals surface area contributed by atoms with Gasteiger partial charge in [0.1, 0.15) is 6.54 Å². The van der Waals surface area contributed by atoms with Gasteiger partial charge >= 0.3 is 0 Å². The summed E-state index contributed by atoms with van der Waals surface area (Å²) in [5.74, 6) is 0.998. The number of ether oxygens (including phenoxy) is 2. The van der Waals surface area contributed by atoms with E-state index in [0.717, 1.165) is 16.6 Å². The average molecular weight is 338 g/mol. The number of amides is 1. The highest BCUT2D eigenvalue weighted by Gasteiger charge is 2.06. The third-order valence-corrected chi connectivity index (χ3v) is 3.65. The van der Waals surface area contributed by atoms with Crippen molar-refractivity contribution in [1.82, 2.24) is 15.0 Å². The first-order valence-corrected chi connectivity index (χ1v) is 7.65. The molecule has 25 heavy (non-hydrogen) atoms. The number of para-hydroxylation sites is 2. The third kappa shape index (κ3) is 3.77. The number of hydrazone groups is 1. The summed E-state index contributed by atoms with van der Waals surface area (Å²) in [6.45, 7) is 0.143. The monoisotopic (exact) mass is 338 g/mol. The highest BCUT2D eigenvalue weighted by atomic mass is 16.5. The van der Waals surface area contributed by atoms with Crippen molar-refractivity contribution in [3.63, 3.8) is 0 Å². The molecular weight excluding hydrogens is 320 g/mol. The number of hydrogen-bond donors (Lipinski definition) is 1. The summed E-state index contributed by atoms with van der Waals surface area (Å²) in [6, 6.07) is 13.0. The van der Waals surface area contributed by atoms with Gasteiger partial charge in [0.05, 0.1) is 37.8 Å². The fraction of sp³-hybridized carbons (Fsp3) is 0.167. The van der Waals surface area contributed by atoms with Gasteiger partial charge in [0, 0.05) is 0 Å². The molecule has 0 bridgehead atoms. The number of aromatic nitrogens is 2. The predicted molar refractivity (Wildman–Crippen MR) is 95.0 cm³/mol. The van der Waals surface area contributed by atoms with Crippen molar-refractivity contribution in [1.29, 1.82) is 0 Å². The summed E-state index contributed by atoms with van der Waals surface area (Å²) in [7, 11) is 3.14. The van der Waals surface area contributed by atoms with E-state index in [-0.39, 0.29) is 12.5 Å². The Morgan fingerprint density at radius 1 is 1.20 bits per heavy atom. The van der Waals surface area contributed by atoms with E-state index >= 15 is 0 Å². The highest BCUT2D eigenvalue weighted by molar-refractivity contribution is 5.84. The summed E-state index contributed by atoms with van der Waals surface area (Å²) >= 11 is 0.